The maximum Gasteiger partial charge on any atom is 0.344 e. The normalized spacial score (nSPS) is 14.7. The van der Waals surface area contributed by atoms with Crippen molar-refractivity contribution in [3.05, 3.63) is 107 Å². The second kappa shape index (κ2) is 11.4. The molecule has 0 aliphatic carbocycles. The first-order valence-corrected chi connectivity index (χ1v) is 12.8. The lowest BCUT2D eigenvalue weighted by molar-refractivity contribution is -0.154. The Balaban J connectivity index is 1.32. The first-order chi connectivity index (χ1) is 18.9. The summed E-state index contributed by atoms with van der Waals surface area (Å²) in [6.07, 6.45) is 0.528. The van der Waals surface area contributed by atoms with Gasteiger partial charge in [0, 0.05) is 6.42 Å². The molecular formula is C32H30N2O5. The molecule has 0 fully saturated rings. The number of esters is 1. The predicted octanol–water partition coefficient (Wildman–Crippen LogP) is 5.77. The molecule has 0 radical (unpaired) electrons. The standard InChI is InChI=1S/C32H30N2O5/c1-21-8-9-22(2)30(16-21)38-20-32(36)39-19-31(35)34-29(24-12-14-27(37-3)15-13-24)18-28(33-34)26-11-10-23-6-4-5-7-25(23)17-26/h4-17,29H,18-20H2,1-3H3. The number of fused-ring (bicyclic) bond motifs is 1. The van der Waals surface area contributed by atoms with E-state index >= 15 is 0 Å². The topological polar surface area (TPSA) is 77.4 Å². The van der Waals surface area contributed by atoms with Crippen molar-refractivity contribution in [1.29, 1.82) is 0 Å². The van der Waals surface area contributed by atoms with E-state index in [1.165, 1.54) is 5.01 Å². The third kappa shape index (κ3) is 5.93. The molecule has 5 rings (SSSR count). The van der Waals surface area contributed by atoms with Crippen molar-refractivity contribution in [3.8, 4) is 11.5 Å². The molecule has 1 aliphatic heterocycles. The minimum atomic E-state index is -0.622. The number of aryl methyl sites for hydroxylation is 2. The van der Waals surface area contributed by atoms with Gasteiger partial charge in [-0.25, -0.2) is 9.80 Å². The van der Waals surface area contributed by atoms with Gasteiger partial charge in [0.25, 0.3) is 5.91 Å². The fourth-order valence-electron chi connectivity index (χ4n) is 4.62. The van der Waals surface area contributed by atoms with Crippen LogP contribution in [0.1, 0.15) is 34.7 Å². The van der Waals surface area contributed by atoms with Crippen LogP contribution in [0.3, 0.4) is 0 Å². The fourth-order valence-corrected chi connectivity index (χ4v) is 4.62. The van der Waals surface area contributed by atoms with E-state index in [4.69, 9.17) is 19.3 Å². The smallest absolute Gasteiger partial charge is 0.344 e. The van der Waals surface area contributed by atoms with Crippen molar-refractivity contribution in [2.45, 2.75) is 26.3 Å². The highest BCUT2D eigenvalue weighted by atomic mass is 16.6. The Labute approximate surface area is 227 Å². The van der Waals surface area contributed by atoms with Crippen molar-refractivity contribution in [2.75, 3.05) is 20.3 Å². The van der Waals surface area contributed by atoms with Gasteiger partial charge < -0.3 is 14.2 Å². The van der Waals surface area contributed by atoms with Crippen LogP contribution in [-0.2, 0) is 14.3 Å². The first-order valence-electron chi connectivity index (χ1n) is 12.8. The Morgan fingerprint density at radius 3 is 2.44 bits per heavy atom. The number of ether oxygens (including phenoxy) is 3. The molecule has 4 aromatic rings. The van der Waals surface area contributed by atoms with Gasteiger partial charge in [-0.1, -0.05) is 60.7 Å². The molecule has 1 heterocycles. The number of nitrogens with zero attached hydrogens (tertiary/aromatic N) is 2. The number of hydrogen-bond acceptors (Lipinski definition) is 6. The molecule has 0 spiro atoms. The van der Waals surface area contributed by atoms with E-state index in [-0.39, 0.29) is 12.6 Å². The number of rotatable bonds is 8. The molecule has 0 bridgehead atoms. The molecule has 1 amide bonds. The highest BCUT2D eigenvalue weighted by molar-refractivity contribution is 6.05. The molecule has 1 unspecified atom stereocenters. The average molecular weight is 523 g/mol. The van der Waals surface area contributed by atoms with Gasteiger partial charge in [0.1, 0.15) is 11.5 Å². The van der Waals surface area contributed by atoms with Gasteiger partial charge in [-0.3, -0.25) is 4.79 Å². The van der Waals surface area contributed by atoms with Crippen LogP contribution in [0.5, 0.6) is 11.5 Å². The fraction of sp³-hybridized carbons (Fsp3) is 0.219. The number of hydrogen-bond donors (Lipinski definition) is 0. The summed E-state index contributed by atoms with van der Waals surface area (Å²) in [7, 11) is 1.61. The van der Waals surface area contributed by atoms with Crippen LogP contribution in [0.2, 0.25) is 0 Å². The van der Waals surface area contributed by atoms with E-state index in [1.54, 1.807) is 7.11 Å². The quantitative estimate of drug-likeness (QED) is 0.275. The molecule has 1 atom stereocenters. The van der Waals surface area contributed by atoms with E-state index in [1.807, 2.05) is 74.5 Å². The Morgan fingerprint density at radius 1 is 0.897 bits per heavy atom. The zero-order valence-corrected chi connectivity index (χ0v) is 22.2. The summed E-state index contributed by atoms with van der Waals surface area (Å²) in [5.41, 5.74) is 4.59. The molecule has 39 heavy (non-hydrogen) atoms. The maximum atomic E-state index is 13.3. The van der Waals surface area contributed by atoms with Crippen LogP contribution in [0, 0.1) is 13.8 Å². The van der Waals surface area contributed by atoms with Crippen molar-refractivity contribution in [1.82, 2.24) is 5.01 Å². The second-order valence-electron chi connectivity index (χ2n) is 9.56. The minimum absolute atomic E-state index is 0.287. The summed E-state index contributed by atoms with van der Waals surface area (Å²) >= 11 is 0. The first kappa shape index (κ1) is 26.0. The van der Waals surface area contributed by atoms with Crippen LogP contribution < -0.4 is 9.47 Å². The molecule has 0 saturated carbocycles. The Hall–Kier alpha value is -4.65. The Kier molecular flexibility index (Phi) is 7.59. The second-order valence-corrected chi connectivity index (χ2v) is 9.56. The summed E-state index contributed by atoms with van der Waals surface area (Å²) < 4.78 is 16.2. The Bertz CT molecular complexity index is 1540. The number of carbonyl (C=O) groups is 2. The van der Waals surface area contributed by atoms with E-state index in [0.29, 0.717) is 12.2 Å². The highest BCUT2D eigenvalue weighted by Gasteiger charge is 2.33. The van der Waals surface area contributed by atoms with E-state index in [0.717, 1.165) is 44.5 Å². The molecule has 198 valence electrons. The third-order valence-corrected chi connectivity index (χ3v) is 6.79. The van der Waals surface area contributed by atoms with Gasteiger partial charge in [-0.15, -0.1) is 0 Å². The lowest BCUT2D eigenvalue weighted by Gasteiger charge is -2.22. The molecule has 7 heteroatoms. The zero-order chi connectivity index (χ0) is 27.4. The van der Waals surface area contributed by atoms with Gasteiger partial charge >= 0.3 is 5.97 Å². The lowest BCUT2D eigenvalue weighted by atomic mass is 9.97. The predicted molar refractivity (Wildman–Crippen MR) is 150 cm³/mol. The molecule has 0 N–H and O–H groups in total. The van der Waals surface area contributed by atoms with Crippen LogP contribution in [0.15, 0.2) is 90.0 Å². The van der Waals surface area contributed by atoms with Gasteiger partial charge in [0.05, 0.1) is 18.9 Å². The van der Waals surface area contributed by atoms with E-state index < -0.39 is 18.5 Å². The van der Waals surface area contributed by atoms with Crippen LogP contribution >= 0.6 is 0 Å². The molecule has 4 aromatic carbocycles. The molecule has 0 saturated heterocycles. The molecule has 7 nitrogen and oxygen atoms in total. The van der Waals surface area contributed by atoms with Crippen molar-refractivity contribution in [3.63, 3.8) is 0 Å². The van der Waals surface area contributed by atoms with Gasteiger partial charge in [0.2, 0.25) is 0 Å². The Morgan fingerprint density at radius 2 is 1.67 bits per heavy atom. The van der Waals surface area contributed by atoms with Crippen molar-refractivity contribution < 1.29 is 23.8 Å². The summed E-state index contributed by atoms with van der Waals surface area (Å²) in [6.45, 7) is 3.13. The molecule has 0 aromatic heterocycles. The summed E-state index contributed by atoms with van der Waals surface area (Å²) in [5, 5.41) is 8.36. The SMILES string of the molecule is COc1ccc(C2CC(c3ccc4ccccc4c3)=NN2C(=O)COC(=O)COc2cc(C)ccc2C)cc1. The van der Waals surface area contributed by atoms with Crippen molar-refractivity contribution in [2.24, 2.45) is 5.10 Å². The van der Waals surface area contributed by atoms with Crippen LogP contribution in [0.4, 0.5) is 0 Å². The lowest BCUT2D eigenvalue weighted by Crippen LogP contribution is -2.32. The summed E-state index contributed by atoms with van der Waals surface area (Å²) in [6, 6.07) is 27.3. The third-order valence-electron chi connectivity index (χ3n) is 6.79. The number of benzene rings is 4. The highest BCUT2D eigenvalue weighted by Crippen LogP contribution is 2.34. The van der Waals surface area contributed by atoms with Gasteiger partial charge in [0.15, 0.2) is 13.2 Å². The molecule has 1 aliphatic rings. The zero-order valence-electron chi connectivity index (χ0n) is 22.2. The maximum absolute atomic E-state index is 13.3. The largest absolute Gasteiger partial charge is 0.497 e. The number of amides is 1. The average Bonchev–Trinajstić information content (AvgIpc) is 3.42. The van der Waals surface area contributed by atoms with Crippen LogP contribution in [-0.4, -0.2) is 42.9 Å². The van der Waals surface area contributed by atoms with Gasteiger partial charge in [-0.05, 0) is 71.1 Å². The van der Waals surface area contributed by atoms with E-state index in [9.17, 15) is 9.59 Å². The molecular weight excluding hydrogens is 492 g/mol. The van der Waals surface area contributed by atoms with Crippen molar-refractivity contribution >= 4 is 28.4 Å². The number of hydrazone groups is 1. The number of carbonyl (C=O) groups excluding carboxylic acids is 2. The van der Waals surface area contributed by atoms with Crippen LogP contribution in [0.25, 0.3) is 10.8 Å². The minimum Gasteiger partial charge on any atom is -0.497 e. The number of methoxy groups -OCH3 is 1. The monoisotopic (exact) mass is 522 g/mol. The summed E-state index contributed by atoms with van der Waals surface area (Å²) in [5.74, 6) is 0.306. The summed E-state index contributed by atoms with van der Waals surface area (Å²) in [4.78, 5) is 25.7. The van der Waals surface area contributed by atoms with E-state index in [2.05, 4.69) is 24.3 Å². The van der Waals surface area contributed by atoms with Gasteiger partial charge in [-0.2, -0.15) is 5.10 Å².